The molecule has 1 aromatic carbocycles. The number of aromatic nitrogens is 2. The normalized spacial score (nSPS) is 16.3. The number of nitrogens with zero attached hydrogens (tertiary/aromatic N) is 2. The van der Waals surface area contributed by atoms with Gasteiger partial charge in [-0.2, -0.15) is 5.10 Å². The zero-order valence-corrected chi connectivity index (χ0v) is 17.1. The van der Waals surface area contributed by atoms with Gasteiger partial charge in [0.1, 0.15) is 0 Å². The summed E-state index contributed by atoms with van der Waals surface area (Å²) in [5.74, 6) is 0.0391. The molecule has 3 rings (SSSR count). The first-order valence-corrected chi connectivity index (χ1v) is 9.90. The third-order valence-corrected chi connectivity index (χ3v) is 6.10. The molecule has 1 aliphatic rings. The number of nitrogens with one attached hydrogen (secondary N) is 1. The second-order valence-electron chi connectivity index (χ2n) is 7.50. The Hall–Kier alpha value is -1.85. The molecule has 1 saturated heterocycles. The minimum atomic E-state index is -0.0541. The van der Waals surface area contributed by atoms with Gasteiger partial charge in [0.2, 0.25) is 5.91 Å². The van der Waals surface area contributed by atoms with Crippen LogP contribution in [0.3, 0.4) is 0 Å². The Morgan fingerprint density at radius 2 is 2.04 bits per heavy atom. The van der Waals surface area contributed by atoms with Crippen LogP contribution in [0.25, 0.3) is 0 Å². The van der Waals surface area contributed by atoms with Gasteiger partial charge in [0.05, 0.1) is 23.0 Å². The van der Waals surface area contributed by atoms with Gasteiger partial charge in [0, 0.05) is 31.6 Å². The number of carbonyl (C=O) groups is 1. The van der Waals surface area contributed by atoms with E-state index in [1.807, 2.05) is 18.5 Å². The van der Waals surface area contributed by atoms with E-state index in [1.165, 1.54) is 11.1 Å². The Labute approximate surface area is 166 Å². The van der Waals surface area contributed by atoms with Crippen LogP contribution in [0.1, 0.15) is 41.8 Å². The molecular formula is C21H28ClN3O2. The fourth-order valence-corrected chi connectivity index (χ4v) is 3.90. The summed E-state index contributed by atoms with van der Waals surface area (Å²) >= 11 is 6.18. The fraction of sp³-hybridized carbons (Fsp3) is 0.524. The smallest absolute Gasteiger partial charge is 0.221 e. The molecule has 1 aromatic heterocycles. The first-order valence-electron chi connectivity index (χ1n) is 9.52. The molecule has 6 heteroatoms. The number of benzene rings is 1. The summed E-state index contributed by atoms with van der Waals surface area (Å²) in [4.78, 5) is 12.5. The molecular weight excluding hydrogens is 362 g/mol. The summed E-state index contributed by atoms with van der Waals surface area (Å²) in [6.45, 7) is 8.54. The van der Waals surface area contributed by atoms with E-state index in [-0.39, 0.29) is 11.3 Å². The van der Waals surface area contributed by atoms with E-state index in [2.05, 4.69) is 41.6 Å². The molecule has 2 heterocycles. The predicted molar refractivity (Wildman–Crippen MR) is 107 cm³/mol. The van der Waals surface area contributed by atoms with Gasteiger partial charge in [-0.1, -0.05) is 41.4 Å². The minimum absolute atomic E-state index is 0.0391. The van der Waals surface area contributed by atoms with E-state index in [4.69, 9.17) is 16.3 Å². The number of carbonyl (C=O) groups excluding carboxylic acids is 1. The molecule has 0 unspecified atom stereocenters. The largest absolute Gasteiger partial charge is 0.381 e. The lowest BCUT2D eigenvalue weighted by atomic mass is 9.73. The highest BCUT2D eigenvalue weighted by Gasteiger charge is 2.34. The summed E-state index contributed by atoms with van der Waals surface area (Å²) in [5, 5.41) is 8.22. The van der Waals surface area contributed by atoms with E-state index in [9.17, 15) is 4.79 Å². The van der Waals surface area contributed by atoms with Crippen LogP contribution in [0.2, 0.25) is 5.02 Å². The van der Waals surface area contributed by atoms with Crippen molar-refractivity contribution in [2.45, 2.75) is 52.0 Å². The highest BCUT2D eigenvalue weighted by Crippen LogP contribution is 2.34. The average Bonchev–Trinajstić information content (AvgIpc) is 2.92. The third-order valence-electron chi connectivity index (χ3n) is 5.55. The molecule has 0 spiro atoms. The van der Waals surface area contributed by atoms with Crippen molar-refractivity contribution in [3.63, 3.8) is 0 Å². The van der Waals surface area contributed by atoms with Crippen LogP contribution in [0, 0.1) is 20.8 Å². The molecule has 0 radical (unpaired) electrons. The van der Waals surface area contributed by atoms with Gasteiger partial charge >= 0.3 is 0 Å². The predicted octanol–water partition coefficient (Wildman–Crippen LogP) is 3.72. The van der Waals surface area contributed by atoms with Crippen LogP contribution in [-0.2, 0) is 21.5 Å². The molecule has 0 saturated carbocycles. The summed E-state index contributed by atoms with van der Waals surface area (Å²) in [6.07, 6.45) is 2.23. The molecule has 0 bridgehead atoms. The molecule has 27 heavy (non-hydrogen) atoms. The SMILES string of the molecule is Cc1cccc(C2(CNC(=O)CCn3nc(C)c(Cl)c3C)CCOCC2)c1. The Morgan fingerprint density at radius 3 is 2.67 bits per heavy atom. The topological polar surface area (TPSA) is 56.2 Å². The maximum atomic E-state index is 12.5. The van der Waals surface area contributed by atoms with Crippen molar-refractivity contribution >= 4 is 17.5 Å². The third kappa shape index (κ3) is 4.53. The van der Waals surface area contributed by atoms with Crippen molar-refractivity contribution in [1.82, 2.24) is 15.1 Å². The number of halogens is 1. The molecule has 1 N–H and O–H groups in total. The maximum absolute atomic E-state index is 12.5. The van der Waals surface area contributed by atoms with E-state index < -0.39 is 0 Å². The van der Waals surface area contributed by atoms with Crippen LogP contribution in [0.4, 0.5) is 0 Å². The quantitative estimate of drug-likeness (QED) is 0.819. The number of rotatable bonds is 6. The van der Waals surface area contributed by atoms with Gasteiger partial charge in [0.25, 0.3) is 0 Å². The van der Waals surface area contributed by atoms with Crippen LogP contribution in [0.5, 0.6) is 0 Å². The lowest BCUT2D eigenvalue weighted by Crippen LogP contribution is -2.44. The van der Waals surface area contributed by atoms with Crippen LogP contribution < -0.4 is 5.32 Å². The van der Waals surface area contributed by atoms with Gasteiger partial charge in [-0.25, -0.2) is 0 Å². The monoisotopic (exact) mass is 389 g/mol. The number of amides is 1. The molecule has 0 atom stereocenters. The van der Waals surface area contributed by atoms with Gasteiger partial charge < -0.3 is 10.1 Å². The Balaban J connectivity index is 1.63. The van der Waals surface area contributed by atoms with Gasteiger partial charge in [0.15, 0.2) is 0 Å². The second-order valence-corrected chi connectivity index (χ2v) is 7.87. The van der Waals surface area contributed by atoms with Crippen molar-refractivity contribution < 1.29 is 9.53 Å². The lowest BCUT2D eigenvalue weighted by molar-refractivity contribution is -0.121. The van der Waals surface area contributed by atoms with E-state index in [0.717, 1.165) is 37.4 Å². The number of hydrogen-bond donors (Lipinski definition) is 1. The molecule has 1 amide bonds. The zero-order valence-electron chi connectivity index (χ0n) is 16.3. The summed E-state index contributed by atoms with van der Waals surface area (Å²) < 4.78 is 7.39. The highest BCUT2D eigenvalue weighted by molar-refractivity contribution is 6.31. The van der Waals surface area contributed by atoms with Crippen molar-refractivity contribution in [3.05, 3.63) is 51.8 Å². The first-order chi connectivity index (χ1) is 12.9. The maximum Gasteiger partial charge on any atom is 0.221 e. The molecule has 2 aromatic rings. The Morgan fingerprint density at radius 1 is 1.30 bits per heavy atom. The van der Waals surface area contributed by atoms with Gasteiger partial charge in [-0.3, -0.25) is 9.48 Å². The van der Waals surface area contributed by atoms with Crippen LogP contribution >= 0.6 is 11.6 Å². The van der Waals surface area contributed by atoms with Crippen molar-refractivity contribution in [2.75, 3.05) is 19.8 Å². The highest BCUT2D eigenvalue weighted by atomic mass is 35.5. The molecule has 5 nitrogen and oxygen atoms in total. The van der Waals surface area contributed by atoms with E-state index >= 15 is 0 Å². The number of aryl methyl sites for hydroxylation is 3. The second kappa shape index (κ2) is 8.44. The number of ether oxygens (including phenoxy) is 1. The molecule has 146 valence electrons. The standard InChI is InChI=1S/C21H28ClN3O2/c1-15-5-4-6-18(13-15)21(8-11-27-12-9-21)14-23-19(26)7-10-25-17(3)20(22)16(2)24-25/h4-6,13H,7-12,14H2,1-3H3,(H,23,26). The van der Waals surface area contributed by atoms with Gasteiger partial charge in [-0.15, -0.1) is 0 Å². The number of hydrogen-bond acceptors (Lipinski definition) is 3. The Kier molecular flexibility index (Phi) is 6.22. The van der Waals surface area contributed by atoms with Gasteiger partial charge in [-0.05, 0) is 39.2 Å². The summed E-state index contributed by atoms with van der Waals surface area (Å²) in [5.41, 5.74) is 4.18. The van der Waals surface area contributed by atoms with E-state index in [0.29, 0.717) is 24.5 Å². The van der Waals surface area contributed by atoms with Crippen molar-refractivity contribution in [2.24, 2.45) is 0 Å². The van der Waals surface area contributed by atoms with Crippen LogP contribution in [0.15, 0.2) is 24.3 Å². The molecule has 1 fully saturated rings. The lowest BCUT2D eigenvalue weighted by Gasteiger charge is -2.38. The zero-order chi connectivity index (χ0) is 19.4. The summed E-state index contributed by atoms with van der Waals surface area (Å²) in [7, 11) is 0. The molecule has 1 aliphatic heterocycles. The first kappa shape index (κ1) is 19.9. The van der Waals surface area contributed by atoms with Crippen molar-refractivity contribution in [1.29, 1.82) is 0 Å². The van der Waals surface area contributed by atoms with Crippen molar-refractivity contribution in [3.8, 4) is 0 Å². The average molecular weight is 390 g/mol. The summed E-state index contributed by atoms with van der Waals surface area (Å²) in [6, 6.07) is 8.60. The Bertz CT molecular complexity index is 810. The minimum Gasteiger partial charge on any atom is -0.381 e. The fourth-order valence-electron chi connectivity index (χ4n) is 3.76. The van der Waals surface area contributed by atoms with E-state index in [1.54, 1.807) is 0 Å². The molecule has 0 aliphatic carbocycles. The van der Waals surface area contributed by atoms with Crippen LogP contribution in [-0.4, -0.2) is 35.4 Å².